The maximum atomic E-state index is 13.0. The molecule has 0 radical (unpaired) electrons. The molecule has 0 unspecified atom stereocenters. The summed E-state index contributed by atoms with van der Waals surface area (Å²) in [6.07, 6.45) is -3.99. The number of carbonyl (C=O) groups is 1. The van der Waals surface area contributed by atoms with Crippen LogP contribution >= 0.6 is 0 Å². The van der Waals surface area contributed by atoms with Gasteiger partial charge in [0, 0.05) is 23.4 Å². The Morgan fingerprint density at radius 1 is 1.28 bits per heavy atom. The van der Waals surface area contributed by atoms with E-state index in [0.29, 0.717) is 18.2 Å². The lowest BCUT2D eigenvalue weighted by molar-refractivity contribution is -0.141. The molecule has 0 aliphatic heterocycles. The van der Waals surface area contributed by atoms with Crippen LogP contribution in [0.3, 0.4) is 0 Å². The van der Waals surface area contributed by atoms with Gasteiger partial charge in [-0.1, -0.05) is 13.0 Å². The van der Waals surface area contributed by atoms with Crippen molar-refractivity contribution in [2.24, 2.45) is 0 Å². The fourth-order valence-electron chi connectivity index (χ4n) is 1.91. The Morgan fingerprint density at radius 2 is 2.00 bits per heavy atom. The van der Waals surface area contributed by atoms with Crippen molar-refractivity contribution in [3.05, 3.63) is 41.6 Å². The first-order valence-electron chi connectivity index (χ1n) is 7.58. The smallest absolute Gasteiger partial charge is 0.399 e. The Hall–Kier alpha value is -2.84. The maximum Gasteiger partial charge on any atom is 0.433 e. The molecule has 6 nitrogen and oxygen atoms in total. The predicted molar refractivity (Wildman–Crippen MR) is 89.2 cm³/mol. The summed E-state index contributed by atoms with van der Waals surface area (Å²) in [6.45, 7) is 3.66. The highest BCUT2D eigenvalue weighted by molar-refractivity contribution is 6.04. The van der Waals surface area contributed by atoms with Gasteiger partial charge in [0.25, 0.3) is 5.91 Å². The molecular formula is C16H18F3N5O. The van der Waals surface area contributed by atoms with Crippen molar-refractivity contribution < 1.29 is 18.0 Å². The maximum absolute atomic E-state index is 13.0. The van der Waals surface area contributed by atoms with E-state index >= 15 is 0 Å². The molecule has 0 fully saturated rings. The number of nitrogens with zero attached hydrogens (tertiary/aromatic N) is 2. The van der Waals surface area contributed by atoms with Crippen LogP contribution in [-0.2, 0) is 6.18 Å². The molecule has 4 N–H and O–H groups in total. The lowest BCUT2D eigenvalue weighted by Gasteiger charge is -2.15. The number of nitrogen functional groups attached to an aromatic ring is 1. The van der Waals surface area contributed by atoms with Gasteiger partial charge in [0.2, 0.25) is 5.95 Å². The van der Waals surface area contributed by atoms with Crippen LogP contribution in [0.25, 0.3) is 0 Å². The summed E-state index contributed by atoms with van der Waals surface area (Å²) in [6, 6.07) is 6.64. The molecule has 9 heteroatoms. The van der Waals surface area contributed by atoms with E-state index in [9.17, 15) is 18.0 Å². The minimum absolute atomic E-state index is 0.124. The van der Waals surface area contributed by atoms with Gasteiger partial charge in [0.1, 0.15) is 5.82 Å². The van der Waals surface area contributed by atoms with Crippen molar-refractivity contribution in [2.75, 3.05) is 16.4 Å². The van der Waals surface area contributed by atoms with Gasteiger partial charge < -0.3 is 16.4 Å². The van der Waals surface area contributed by atoms with Crippen molar-refractivity contribution in [2.45, 2.75) is 32.5 Å². The SMILES string of the molecule is CC[C@H](C)Nc1nc(NC(=O)c2cccc(N)c2)cc(C(F)(F)F)n1. The van der Waals surface area contributed by atoms with Crippen LogP contribution in [0.1, 0.15) is 36.3 Å². The Labute approximate surface area is 142 Å². The summed E-state index contributed by atoms with van der Waals surface area (Å²) in [5.74, 6) is -1.07. The van der Waals surface area contributed by atoms with Crippen LogP contribution in [0.15, 0.2) is 30.3 Å². The predicted octanol–water partition coefficient (Wildman–Crippen LogP) is 3.54. The third kappa shape index (κ3) is 5.07. The highest BCUT2D eigenvalue weighted by Crippen LogP contribution is 2.30. The van der Waals surface area contributed by atoms with Gasteiger partial charge in [-0.2, -0.15) is 18.2 Å². The Balaban J connectivity index is 2.32. The fourth-order valence-corrected chi connectivity index (χ4v) is 1.91. The lowest BCUT2D eigenvalue weighted by atomic mass is 10.2. The van der Waals surface area contributed by atoms with Crippen molar-refractivity contribution in [3.63, 3.8) is 0 Å². The van der Waals surface area contributed by atoms with E-state index < -0.39 is 17.8 Å². The second kappa shape index (κ2) is 7.37. The van der Waals surface area contributed by atoms with E-state index in [1.54, 1.807) is 19.1 Å². The first kappa shape index (κ1) is 18.5. The zero-order chi connectivity index (χ0) is 18.6. The van der Waals surface area contributed by atoms with Gasteiger partial charge in [-0.3, -0.25) is 4.79 Å². The third-order valence-corrected chi connectivity index (χ3v) is 3.39. The van der Waals surface area contributed by atoms with Crippen LogP contribution in [-0.4, -0.2) is 21.9 Å². The number of nitrogens with one attached hydrogen (secondary N) is 2. The first-order chi connectivity index (χ1) is 11.7. The van der Waals surface area contributed by atoms with Gasteiger partial charge in [-0.15, -0.1) is 0 Å². The Kier molecular flexibility index (Phi) is 5.45. The molecule has 0 bridgehead atoms. The molecule has 0 saturated heterocycles. The summed E-state index contributed by atoms with van der Waals surface area (Å²) < 4.78 is 39.1. The number of carbonyl (C=O) groups excluding carboxylic acids is 1. The Morgan fingerprint density at radius 3 is 2.60 bits per heavy atom. The molecule has 0 saturated carbocycles. The van der Waals surface area contributed by atoms with Crippen molar-refractivity contribution in [3.8, 4) is 0 Å². The average molecular weight is 353 g/mol. The van der Waals surface area contributed by atoms with Gasteiger partial charge >= 0.3 is 6.18 Å². The van der Waals surface area contributed by atoms with Crippen LogP contribution in [0.4, 0.5) is 30.6 Å². The van der Waals surface area contributed by atoms with Crippen molar-refractivity contribution >= 4 is 23.4 Å². The van der Waals surface area contributed by atoms with Crippen LogP contribution in [0.5, 0.6) is 0 Å². The number of hydrogen-bond acceptors (Lipinski definition) is 5. The zero-order valence-electron chi connectivity index (χ0n) is 13.7. The Bertz CT molecular complexity index is 764. The minimum Gasteiger partial charge on any atom is -0.399 e. The number of hydrogen-bond donors (Lipinski definition) is 3. The molecule has 1 aromatic carbocycles. The van der Waals surface area contributed by atoms with Crippen molar-refractivity contribution in [1.82, 2.24) is 9.97 Å². The average Bonchev–Trinajstić information content (AvgIpc) is 2.53. The summed E-state index contributed by atoms with van der Waals surface area (Å²) in [5, 5.41) is 5.12. The molecule has 2 aromatic rings. The number of rotatable bonds is 5. The highest BCUT2D eigenvalue weighted by atomic mass is 19.4. The molecule has 0 aliphatic carbocycles. The van der Waals surface area contributed by atoms with E-state index in [2.05, 4.69) is 20.6 Å². The van der Waals surface area contributed by atoms with E-state index in [4.69, 9.17) is 5.73 Å². The van der Waals surface area contributed by atoms with Crippen molar-refractivity contribution in [1.29, 1.82) is 0 Å². The fraction of sp³-hybridized carbons (Fsp3) is 0.312. The lowest BCUT2D eigenvalue weighted by Crippen LogP contribution is -2.20. The first-order valence-corrected chi connectivity index (χ1v) is 7.58. The summed E-state index contributed by atoms with van der Waals surface area (Å²) in [4.78, 5) is 19.6. The monoisotopic (exact) mass is 353 g/mol. The minimum atomic E-state index is -4.66. The molecular weight excluding hydrogens is 335 g/mol. The van der Waals surface area contributed by atoms with Gasteiger partial charge in [0.05, 0.1) is 0 Å². The third-order valence-electron chi connectivity index (χ3n) is 3.39. The molecule has 0 spiro atoms. The summed E-state index contributed by atoms with van der Waals surface area (Å²) in [7, 11) is 0. The largest absolute Gasteiger partial charge is 0.433 e. The molecule has 1 aromatic heterocycles. The summed E-state index contributed by atoms with van der Waals surface area (Å²) >= 11 is 0. The zero-order valence-corrected chi connectivity index (χ0v) is 13.7. The number of amides is 1. The van der Waals surface area contributed by atoms with Crippen LogP contribution < -0.4 is 16.4 Å². The second-order valence-electron chi connectivity index (χ2n) is 5.49. The topological polar surface area (TPSA) is 92.9 Å². The molecule has 1 atom stereocenters. The van der Waals surface area contributed by atoms with Crippen LogP contribution in [0.2, 0.25) is 0 Å². The van der Waals surface area contributed by atoms with Gasteiger partial charge in [-0.05, 0) is 31.5 Å². The van der Waals surface area contributed by atoms with E-state index in [1.165, 1.54) is 12.1 Å². The molecule has 0 aliphatic rings. The standard InChI is InChI=1S/C16H18F3N5O/c1-3-9(2)21-15-22-12(16(17,18)19)8-13(24-15)23-14(25)10-5-4-6-11(20)7-10/h4-9H,3,20H2,1-2H3,(H2,21,22,23,24,25)/t9-/m0/s1. The molecule has 134 valence electrons. The molecule has 2 rings (SSSR count). The normalized spacial score (nSPS) is 12.5. The number of anilines is 3. The second-order valence-corrected chi connectivity index (χ2v) is 5.49. The van der Waals surface area contributed by atoms with E-state index in [1.807, 2.05) is 6.92 Å². The quantitative estimate of drug-likeness (QED) is 0.715. The van der Waals surface area contributed by atoms with E-state index in [0.717, 1.165) is 0 Å². The number of aromatic nitrogens is 2. The number of alkyl halides is 3. The number of benzene rings is 1. The number of nitrogens with two attached hydrogens (primary N) is 1. The van der Waals surface area contributed by atoms with E-state index in [-0.39, 0.29) is 23.4 Å². The molecule has 1 amide bonds. The van der Waals surface area contributed by atoms with Crippen LogP contribution in [0, 0.1) is 0 Å². The number of halogens is 3. The van der Waals surface area contributed by atoms with Gasteiger partial charge in [0.15, 0.2) is 5.69 Å². The molecule has 1 heterocycles. The van der Waals surface area contributed by atoms with Gasteiger partial charge in [-0.25, -0.2) is 4.98 Å². The molecule has 25 heavy (non-hydrogen) atoms. The highest BCUT2D eigenvalue weighted by Gasteiger charge is 2.34. The summed E-state index contributed by atoms with van der Waals surface area (Å²) in [5.41, 5.74) is 5.04.